The Morgan fingerprint density at radius 2 is 1.29 bits per heavy atom. The van der Waals surface area contributed by atoms with Crippen molar-refractivity contribution in [2.45, 2.75) is 31.5 Å². The van der Waals surface area contributed by atoms with Crippen LogP contribution in [0.2, 0.25) is 0 Å². The van der Waals surface area contributed by atoms with E-state index in [1.807, 2.05) is 60.7 Å². The van der Waals surface area contributed by atoms with Gasteiger partial charge >= 0.3 is 6.09 Å². The predicted molar refractivity (Wildman–Crippen MR) is 132 cm³/mol. The monoisotopic (exact) mass is 475 g/mol. The number of benzene rings is 3. The van der Waals surface area contributed by atoms with Crippen LogP contribution in [-0.4, -0.2) is 37.1 Å². The summed E-state index contributed by atoms with van der Waals surface area (Å²) in [7, 11) is 1.56. The molecule has 0 fully saturated rings. The zero-order valence-corrected chi connectivity index (χ0v) is 19.5. The molecule has 0 aliphatic rings. The van der Waals surface area contributed by atoms with Crippen LogP contribution in [0.15, 0.2) is 84.9 Å². The van der Waals surface area contributed by atoms with E-state index in [1.54, 1.807) is 31.4 Å². The van der Waals surface area contributed by atoms with Gasteiger partial charge in [-0.1, -0.05) is 72.8 Å². The number of nitrogens with two attached hydrogens (primary N) is 1. The number of ether oxygens (including phenoxy) is 2. The molecule has 3 rings (SSSR count). The summed E-state index contributed by atoms with van der Waals surface area (Å²) >= 11 is 0. The molecule has 0 unspecified atom stereocenters. The first-order valence-corrected chi connectivity index (χ1v) is 11.2. The summed E-state index contributed by atoms with van der Waals surface area (Å²) in [5, 5.41) is 5.29. The van der Waals surface area contributed by atoms with E-state index < -0.39 is 30.0 Å². The van der Waals surface area contributed by atoms with Gasteiger partial charge in [0.1, 0.15) is 24.4 Å². The molecule has 3 amide bonds. The third-order valence-electron chi connectivity index (χ3n) is 5.36. The Bertz CT molecular complexity index is 1100. The predicted octanol–water partition coefficient (Wildman–Crippen LogP) is 2.75. The summed E-state index contributed by atoms with van der Waals surface area (Å²) in [4.78, 5) is 37.7. The molecule has 4 N–H and O–H groups in total. The van der Waals surface area contributed by atoms with E-state index in [0.717, 1.165) is 16.7 Å². The number of rotatable bonds is 11. The number of alkyl carbamates (subject to hydrolysis) is 1. The van der Waals surface area contributed by atoms with Crippen molar-refractivity contribution in [3.05, 3.63) is 102 Å². The lowest BCUT2D eigenvalue weighted by molar-refractivity contribution is -0.128. The van der Waals surface area contributed by atoms with E-state index in [2.05, 4.69) is 10.6 Å². The summed E-state index contributed by atoms with van der Waals surface area (Å²) in [5.74, 6) is -0.545. The van der Waals surface area contributed by atoms with Crippen LogP contribution in [0.25, 0.3) is 0 Å². The highest BCUT2D eigenvalue weighted by molar-refractivity contribution is 5.91. The number of hydrogen-bond donors (Lipinski definition) is 3. The molecule has 182 valence electrons. The molecule has 0 radical (unpaired) electrons. The SMILES string of the molecule is COc1ccc(C[C@H](NC(=O)[C@@H](Cc2ccccc2)NC(=O)OCc2ccccc2)C(N)=O)cc1. The average Bonchev–Trinajstić information content (AvgIpc) is 2.88. The highest BCUT2D eigenvalue weighted by atomic mass is 16.5. The molecule has 3 aromatic rings. The normalized spacial score (nSPS) is 12.1. The van der Waals surface area contributed by atoms with E-state index in [9.17, 15) is 14.4 Å². The Balaban J connectivity index is 1.68. The van der Waals surface area contributed by atoms with Crippen LogP contribution in [0.3, 0.4) is 0 Å². The molecule has 0 aliphatic heterocycles. The van der Waals surface area contributed by atoms with Gasteiger partial charge in [-0.2, -0.15) is 0 Å². The number of primary amides is 1. The van der Waals surface area contributed by atoms with Crippen molar-refractivity contribution in [2.24, 2.45) is 5.73 Å². The molecule has 8 nitrogen and oxygen atoms in total. The fourth-order valence-electron chi connectivity index (χ4n) is 3.46. The second-order valence-electron chi connectivity index (χ2n) is 7.96. The molecule has 0 bridgehead atoms. The van der Waals surface area contributed by atoms with Crippen molar-refractivity contribution in [1.29, 1.82) is 0 Å². The standard InChI is InChI=1S/C27H29N3O5/c1-34-22-14-12-20(13-15-22)16-23(25(28)31)29-26(32)24(17-19-8-4-2-5-9-19)30-27(33)35-18-21-10-6-3-7-11-21/h2-15,23-24H,16-18H2,1H3,(H2,28,31)(H,29,32)(H,30,33)/t23-,24+/m0/s1. The van der Waals surface area contributed by atoms with Crippen LogP contribution in [0, 0.1) is 0 Å². The number of methoxy groups -OCH3 is 1. The highest BCUT2D eigenvalue weighted by Gasteiger charge is 2.26. The van der Waals surface area contributed by atoms with Gasteiger partial charge in [0.05, 0.1) is 7.11 Å². The molecule has 0 spiro atoms. The molecule has 0 aromatic heterocycles. The maximum absolute atomic E-state index is 13.2. The molecule has 8 heteroatoms. The van der Waals surface area contributed by atoms with E-state index >= 15 is 0 Å². The van der Waals surface area contributed by atoms with Crippen molar-refractivity contribution in [3.8, 4) is 5.75 Å². The minimum absolute atomic E-state index is 0.0632. The Hall–Kier alpha value is -4.33. The van der Waals surface area contributed by atoms with Gasteiger partial charge < -0.3 is 25.8 Å². The van der Waals surface area contributed by atoms with E-state index in [-0.39, 0.29) is 19.4 Å². The van der Waals surface area contributed by atoms with Crippen molar-refractivity contribution >= 4 is 17.9 Å². The van der Waals surface area contributed by atoms with Crippen LogP contribution in [-0.2, 0) is 33.8 Å². The number of amides is 3. The van der Waals surface area contributed by atoms with Crippen molar-refractivity contribution in [3.63, 3.8) is 0 Å². The molecule has 3 aromatic carbocycles. The molecule has 0 heterocycles. The highest BCUT2D eigenvalue weighted by Crippen LogP contribution is 2.13. The zero-order valence-electron chi connectivity index (χ0n) is 19.5. The van der Waals surface area contributed by atoms with Crippen LogP contribution in [0.1, 0.15) is 16.7 Å². The zero-order chi connectivity index (χ0) is 25.0. The van der Waals surface area contributed by atoms with Gasteiger partial charge in [0.15, 0.2) is 0 Å². The second kappa shape index (κ2) is 12.8. The first-order chi connectivity index (χ1) is 16.9. The second-order valence-corrected chi connectivity index (χ2v) is 7.96. The van der Waals surface area contributed by atoms with Gasteiger partial charge in [0, 0.05) is 12.8 Å². The number of nitrogens with one attached hydrogen (secondary N) is 2. The van der Waals surface area contributed by atoms with Gasteiger partial charge in [-0.05, 0) is 28.8 Å². The third kappa shape index (κ3) is 8.19. The number of carbonyl (C=O) groups excluding carboxylic acids is 3. The van der Waals surface area contributed by atoms with Crippen LogP contribution >= 0.6 is 0 Å². The smallest absolute Gasteiger partial charge is 0.408 e. The third-order valence-corrected chi connectivity index (χ3v) is 5.36. The average molecular weight is 476 g/mol. The lowest BCUT2D eigenvalue weighted by atomic mass is 10.0. The van der Waals surface area contributed by atoms with Crippen LogP contribution in [0.4, 0.5) is 4.79 Å². The van der Waals surface area contributed by atoms with E-state index in [4.69, 9.17) is 15.2 Å². The molecule has 0 aliphatic carbocycles. The topological polar surface area (TPSA) is 120 Å². The van der Waals surface area contributed by atoms with E-state index in [1.165, 1.54) is 0 Å². The maximum atomic E-state index is 13.2. The van der Waals surface area contributed by atoms with Crippen molar-refractivity contribution < 1.29 is 23.9 Å². The van der Waals surface area contributed by atoms with Crippen molar-refractivity contribution in [1.82, 2.24) is 10.6 Å². The Labute approximate surface area is 204 Å². The Kier molecular flexibility index (Phi) is 9.24. The maximum Gasteiger partial charge on any atom is 0.408 e. The summed E-state index contributed by atoms with van der Waals surface area (Å²) in [6, 6.07) is 23.6. The first-order valence-electron chi connectivity index (χ1n) is 11.2. The number of hydrogen-bond acceptors (Lipinski definition) is 5. The fourth-order valence-corrected chi connectivity index (χ4v) is 3.46. The van der Waals surface area contributed by atoms with Gasteiger partial charge in [-0.25, -0.2) is 4.79 Å². The quantitative estimate of drug-likeness (QED) is 0.394. The molecular formula is C27H29N3O5. The van der Waals surface area contributed by atoms with Crippen molar-refractivity contribution in [2.75, 3.05) is 7.11 Å². The molecule has 35 heavy (non-hydrogen) atoms. The Morgan fingerprint density at radius 1 is 0.743 bits per heavy atom. The summed E-state index contributed by atoms with van der Waals surface area (Å²) < 4.78 is 10.4. The van der Waals surface area contributed by atoms with Gasteiger partial charge in [0.25, 0.3) is 0 Å². The largest absolute Gasteiger partial charge is 0.497 e. The molecule has 0 saturated heterocycles. The summed E-state index contributed by atoms with van der Waals surface area (Å²) in [5.41, 5.74) is 8.02. The molecule has 2 atom stereocenters. The van der Waals surface area contributed by atoms with Gasteiger partial charge in [0.2, 0.25) is 11.8 Å². The fraction of sp³-hybridized carbons (Fsp3) is 0.222. The number of carbonyl (C=O) groups is 3. The lowest BCUT2D eigenvalue weighted by Crippen LogP contribution is -2.54. The minimum Gasteiger partial charge on any atom is -0.497 e. The molecule has 0 saturated carbocycles. The summed E-state index contributed by atoms with van der Waals surface area (Å²) in [6.07, 6.45) is -0.335. The van der Waals surface area contributed by atoms with E-state index in [0.29, 0.717) is 5.75 Å². The van der Waals surface area contributed by atoms with Gasteiger partial charge in [-0.15, -0.1) is 0 Å². The van der Waals surface area contributed by atoms with Crippen LogP contribution < -0.4 is 21.1 Å². The minimum atomic E-state index is -0.974. The molecular weight excluding hydrogens is 446 g/mol. The summed E-state index contributed by atoms with van der Waals surface area (Å²) in [6.45, 7) is 0.0632. The first kappa shape index (κ1) is 25.3. The van der Waals surface area contributed by atoms with Crippen LogP contribution in [0.5, 0.6) is 5.75 Å². The van der Waals surface area contributed by atoms with Gasteiger partial charge in [-0.3, -0.25) is 9.59 Å². The lowest BCUT2D eigenvalue weighted by Gasteiger charge is -2.22. The Morgan fingerprint density at radius 3 is 1.86 bits per heavy atom.